The number of hydrogen-bond donors (Lipinski definition) is 0. The zero-order chi connectivity index (χ0) is 13.7. The van der Waals surface area contributed by atoms with E-state index in [1.165, 1.54) is 12.2 Å². The van der Waals surface area contributed by atoms with Crippen LogP contribution in [-0.2, 0) is 11.2 Å². The van der Waals surface area contributed by atoms with Gasteiger partial charge in [0.15, 0.2) is 0 Å². The number of hydrogen-bond acceptors (Lipinski definition) is 3. The highest BCUT2D eigenvalue weighted by molar-refractivity contribution is 7.99. The van der Waals surface area contributed by atoms with E-state index in [0.29, 0.717) is 18.9 Å². The molecule has 0 N–H and O–H groups in total. The van der Waals surface area contributed by atoms with Crippen molar-refractivity contribution in [2.24, 2.45) is 0 Å². The average Bonchev–Trinajstić information content (AvgIpc) is 3.06. The lowest BCUT2D eigenvalue weighted by Crippen LogP contribution is -2.35. The third-order valence-electron chi connectivity index (χ3n) is 3.87. The van der Waals surface area contributed by atoms with Gasteiger partial charge in [0.2, 0.25) is 5.91 Å². The highest BCUT2D eigenvalue weighted by Gasteiger charge is 2.29. The molecular formula is C15H23NO2S. The van der Waals surface area contributed by atoms with Crippen molar-refractivity contribution >= 4 is 17.7 Å². The van der Waals surface area contributed by atoms with Gasteiger partial charge in [-0.15, -0.1) is 0 Å². The van der Waals surface area contributed by atoms with Crippen molar-refractivity contribution in [1.82, 2.24) is 4.90 Å². The van der Waals surface area contributed by atoms with Crippen LogP contribution in [0.25, 0.3) is 0 Å². The summed E-state index contributed by atoms with van der Waals surface area (Å²) in [7, 11) is 1.95. The van der Waals surface area contributed by atoms with Crippen molar-refractivity contribution in [3.8, 4) is 0 Å². The van der Waals surface area contributed by atoms with Crippen LogP contribution in [0, 0.1) is 0 Å². The summed E-state index contributed by atoms with van der Waals surface area (Å²) < 4.78 is 5.26. The van der Waals surface area contributed by atoms with E-state index >= 15 is 0 Å². The van der Waals surface area contributed by atoms with E-state index in [9.17, 15) is 4.79 Å². The van der Waals surface area contributed by atoms with E-state index in [0.717, 1.165) is 23.9 Å². The van der Waals surface area contributed by atoms with Gasteiger partial charge in [-0.1, -0.05) is 6.92 Å². The van der Waals surface area contributed by atoms with Crippen LogP contribution in [0.3, 0.4) is 0 Å². The van der Waals surface area contributed by atoms with Crippen LogP contribution < -0.4 is 0 Å². The number of carbonyl (C=O) groups excluding carboxylic acids is 1. The van der Waals surface area contributed by atoms with E-state index in [1.807, 2.05) is 35.8 Å². The smallest absolute Gasteiger partial charge is 0.223 e. The van der Waals surface area contributed by atoms with Crippen LogP contribution in [0.2, 0.25) is 0 Å². The quantitative estimate of drug-likeness (QED) is 0.802. The Hall–Kier alpha value is -0.900. The molecule has 106 valence electrons. The summed E-state index contributed by atoms with van der Waals surface area (Å²) in [5, 5.41) is 0.746. The normalized spacial score (nSPS) is 22.6. The molecule has 0 saturated heterocycles. The molecule has 19 heavy (non-hydrogen) atoms. The first-order valence-electron chi connectivity index (χ1n) is 7.10. The molecule has 1 aromatic rings. The number of aryl methyl sites for hydroxylation is 1. The van der Waals surface area contributed by atoms with Gasteiger partial charge in [0.1, 0.15) is 5.76 Å². The molecule has 1 saturated carbocycles. The second-order valence-corrected chi connectivity index (χ2v) is 6.71. The van der Waals surface area contributed by atoms with Crippen LogP contribution in [0.15, 0.2) is 22.8 Å². The summed E-state index contributed by atoms with van der Waals surface area (Å²) >= 11 is 2.03. The monoisotopic (exact) mass is 281 g/mol. The van der Waals surface area contributed by atoms with Crippen LogP contribution in [0.1, 0.15) is 38.4 Å². The molecule has 2 unspecified atom stereocenters. The first-order valence-corrected chi connectivity index (χ1v) is 8.15. The maximum Gasteiger partial charge on any atom is 0.223 e. The summed E-state index contributed by atoms with van der Waals surface area (Å²) in [5.41, 5.74) is 0. The number of carbonyl (C=O) groups is 1. The summed E-state index contributed by atoms with van der Waals surface area (Å²) in [6, 6.07) is 4.23. The molecule has 1 aliphatic carbocycles. The van der Waals surface area contributed by atoms with E-state index in [1.54, 1.807) is 6.26 Å². The van der Waals surface area contributed by atoms with Gasteiger partial charge >= 0.3 is 0 Å². The second kappa shape index (κ2) is 7.04. The molecule has 0 bridgehead atoms. The van der Waals surface area contributed by atoms with Crippen molar-refractivity contribution in [3.63, 3.8) is 0 Å². The summed E-state index contributed by atoms with van der Waals surface area (Å²) in [5.74, 6) is 2.31. The standard InChI is InChI=1S/C15H23NO2S/c1-3-19-14-8-6-12(11-14)16(2)15(17)9-7-13-5-4-10-18-13/h4-5,10,12,14H,3,6-9,11H2,1-2H3. The van der Waals surface area contributed by atoms with E-state index in [4.69, 9.17) is 4.42 Å². The number of rotatable bonds is 6. The second-order valence-electron chi connectivity index (χ2n) is 5.13. The van der Waals surface area contributed by atoms with Gasteiger partial charge in [0, 0.05) is 31.2 Å². The molecule has 0 aromatic carbocycles. The minimum absolute atomic E-state index is 0.239. The highest BCUT2D eigenvalue weighted by atomic mass is 32.2. The maximum absolute atomic E-state index is 12.2. The van der Waals surface area contributed by atoms with Crippen LogP contribution in [0.4, 0.5) is 0 Å². The average molecular weight is 281 g/mol. The Balaban J connectivity index is 1.76. The highest BCUT2D eigenvalue weighted by Crippen LogP contribution is 2.32. The summed E-state index contributed by atoms with van der Waals surface area (Å²) in [4.78, 5) is 14.1. The Labute approximate surface area is 119 Å². The minimum atomic E-state index is 0.239. The first kappa shape index (κ1) is 14.5. The Kier molecular flexibility index (Phi) is 5.37. The molecule has 1 amide bonds. The first-order chi connectivity index (χ1) is 9.20. The largest absolute Gasteiger partial charge is 0.469 e. The van der Waals surface area contributed by atoms with Gasteiger partial charge < -0.3 is 9.32 Å². The third-order valence-corrected chi connectivity index (χ3v) is 5.10. The molecule has 1 aromatic heterocycles. The molecular weight excluding hydrogens is 258 g/mol. The third kappa shape index (κ3) is 4.03. The van der Waals surface area contributed by atoms with E-state index in [-0.39, 0.29) is 5.91 Å². The van der Waals surface area contributed by atoms with Gasteiger partial charge in [0.05, 0.1) is 6.26 Å². The molecule has 0 spiro atoms. The maximum atomic E-state index is 12.2. The lowest BCUT2D eigenvalue weighted by Gasteiger charge is -2.24. The summed E-state index contributed by atoms with van der Waals surface area (Å²) in [6.07, 6.45) is 6.47. The molecule has 0 radical (unpaired) electrons. The van der Waals surface area contributed by atoms with E-state index < -0.39 is 0 Å². The lowest BCUT2D eigenvalue weighted by atomic mass is 10.2. The molecule has 3 nitrogen and oxygen atoms in total. The van der Waals surface area contributed by atoms with Crippen molar-refractivity contribution < 1.29 is 9.21 Å². The van der Waals surface area contributed by atoms with Crippen molar-refractivity contribution in [1.29, 1.82) is 0 Å². The predicted molar refractivity (Wildman–Crippen MR) is 79.4 cm³/mol. The van der Waals surface area contributed by atoms with Crippen molar-refractivity contribution in [2.45, 2.75) is 50.3 Å². The molecule has 0 aliphatic heterocycles. The van der Waals surface area contributed by atoms with Crippen LogP contribution >= 0.6 is 11.8 Å². The van der Waals surface area contributed by atoms with Gasteiger partial charge in [-0.2, -0.15) is 11.8 Å². The minimum Gasteiger partial charge on any atom is -0.469 e. The number of thioether (sulfide) groups is 1. The van der Waals surface area contributed by atoms with E-state index in [2.05, 4.69) is 6.92 Å². The molecule has 1 fully saturated rings. The molecule has 1 heterocycles. The fourth-order valence-corrected chi connectivity index (χ4v) is 3.85. The fraction of sp³-hybridized carbons (Fsp3) is 0.667. The van der Waals surface area contributed by atoms with Crippen LogP contribution in [0.5, 0.6) is 0 Å². The van der Waals surface area contributed by atoms with Gasteiger partial charge in [-0.3, -0.25) is 4.79 Å². The lowest BCUT2D eigenvalue weighted by molar-refractivity contribution is -0.131. The Morgan fingerprint density at radius 1 is 1.53 bits per heavy atom. The van der Waals surface area contributed by atoms with Crippen LogP contribution in [-0.4, -0.2) is 34.9 Å². The molecule has 1 aliphatic rings. The topological polar surface area (TPSA) is 33.5 Å². The Morgan fingerprint density at radius 2 is 2.37 bits per heavy atom. The number of nitrogens with zero attached hydrogens (tertiary/aromatic N) is 1. The van der Waals surface area contributed by atoms with Gasteiger partial charge in [0.25, 0.3) is 0 Å². The Morgan fingerprint density at radius 3 is 3.05 bits per heavy atom. The molecule has 2 rings (SSSR count). The predicted octanol–water partition coefficient (Wildman–Crippen LogP) is 3.34. The number of amides is 1. The zero-order valence-electron chi connectivity index (χ0n) is 11.8. The van der Waals surface area contributed by atoms with Crippen molar-refractivity contribution in [2.75, 3.05) is 12.8 Å². The summed E-state index contributed by atoms with van der Waals surface area (Å²) in [6.45, 7) is 2.20. The van der Waals surface area contributed by atoms with Crippen molar-refractivity contribution in [3.05, 3.63) is 24.2 Å². The number of furan rings is 1. The van der Waals surface area contributed by atoms with Gasteiger partial charge in [-0.05, 0) is 37.1 Å². The molecule has 4 heteroatoms. The SMILES string of the molecule is CCSC1CCC(N(C)C(=O)CCc2ccco2)C1. The fourth-order valence-electron chi connectivity index (χ4n) is 2.72. The molecule has 2 atom stereocenters. The van der Waals surface area contributed by atoms with Gasteiger partial charge in [-0.25, -0.2) is 0 Å². The Bertz CT molecular complexity index is 391. The zero-order valence-corrected chi connectivity index (χ0v) is 12.6.